The fourth-order valence-corrected chi connectivity index (χ4v) is 5.60. The molecule has 170 valence electrons. The molecule has 0 spiro atoms. The van der Waals surface area contributed by atoms with Gasteiger partial charge in [0.25, 0.3) is 10.2 Å². The molecule has 0 aliphatic carbocycles. The van der Waals surface area contributed by atoms with Crippen LogP contribution in [0.5, 0.6) is 0 Å². The molecule has 0 saturated carbocycles. The van der Waals surface area contributed by atoms with Crippen LogP contribution in [0.15, 0.2) is 48.5 Å². The van der Waals surface area contributed by atoms with Gasteiger partial charge in [0.05, 0.1) is 24.3 Å². The summed E-state index contributed by atoms with van der Waals surface area (Å²) in [4.78, 5) is 13.1. The van der Waals surface area contributed by atoms with Gasteiger partial charge in [-0.05, 0) is 53.3 Å². The number of ketones is 1. The van der Waals surface area contributed by atoms with Gasteiger partial charge in [-0.2, -0.15) is 17.4 Å². The van der Waals surface area contributed by atoms with Crippen LogP contribution in [-0.4, -0.2) is 44.8 Å². The first-order valence-corrected chi connectivity index (χ1v) is 12.2. The van der Waals surface area contributed by atoms with E-state index in [4.69, 9.17) is 16.3 Å². The van der Waals surface area contributed by atoms with Crippen LogP contribution >= 0.6 is 11.6 Å². The largest absolute Gasteiger partial charge is 0.377 e. The van der Waals surface area contributed by atoms with Crippen LogP contribution in [0, 0.1) is 5.82 Å². The van der Waals surface area contributed by atoms with Gasteiger partial charge in [0.2, 0.25) is 0 Å². The van der Waals surface area contributed by atoms with Gasteiger partial charge in [-0.1, -0.05) is 41.9 Å². The molecule has 2 aliphatic heterocycles. The van der Waals surface area contributed by atoms with Gasteiger partial charge in [0.1, 0.15) is 5.82 Å². The first-order chi connectivity index (χ1) is 15.2. The Labute approximate surface area is 192 Å². The average Bonchev–Trinajstić information content (AvgIpc) is 2.78. The third-order valence-corrected chi connectivity index (χ3v) is 7.81. The van der Waals surface area contributed by atoms with E-state index in [1.54, 1.807) is 0 Å². The molecule has 1 saturated heterocycles. The lowest BCUT2D eigenvalue weighted by Gasteiger charge is -2.36. The number of carbonyl (C=O) groups is 1. The minimum absolute atomic E-state index is 0.0375. The van der Waals surface area contributed by atoms with Crippen molar-refractivity contribution in [3.05, 3.63) is 76.1 Å². The van der Waals surface area contributed by atoms with Gasteiger partial charge in [0.15, 0.2) is 5.78 Å². The number of carbonyl (C=O) groups excluding carboxylic acids is 1. The lowest BCUT2D eigenvalue weighted by Crippen LogP contribution is -2.55. The molecule has 4 rings (SSSR count). The fourth-order valence-electron chi connectivity index (χ4n) is 4.10. The van der Waals surface area contributed by atoms with E-state index in [1.807, 2.05) is 30.3 Å². The second-order valence-electron chi connectivity index (χ2n) is 8.01. The summed E-state index contributed by atoms with van der Waals surface area (Å²) in [6.45, 7) is 1.21. The van der Waals surface area contributed by atoms with Crippen molar-refractivity contribution in [3.8, 4) is 0 Å². The summed E-state index contributed by atoms with van der Waals surface area (Å²) in [5, 5.41) is -0.0707. The van der Waals surface area contributed by atoms with Crippen molar-refractivity contribution < 1.29 is 22.3 Å². The smallest absolute Gasteiger partial charge is 0.280 e. The number of halogens is 2. The summed E-state index contributed by atoms with van der Waals surface area (Å²) in [6, 6.07) is 10.4. The van der Waals surface area contributed by atoms with E-state index < -0.39 is 28.1 Å². The second kappa shape index (κ2) is 9.41. The van der Waals surface area contributed by atoms with Gasteiger partial charge >= 0.3 is 0 Å². The van der Waals surface area contributed by atoms with Gasteiger partial charge in [-0.25, -0.2) is 4.39 Å². The zero-order valence-corrected chi connectivity index (χ0v) is 19.1. The Morgan fingerprint density at radius 2 is 2.09 bits per heavy atom. The molecule has 0 bridgehead atoms. The normalized spacial score (nSPS) is 23.5. The van der Waals surface area contributed by atoms with Gasteiger partial charge in [-0.3, -0.25) is 4.79 Å². The third-order valence-electron chi connectivity index (χ3n) is 5.93. The Morgan fingerprint density at radius 3 is 2.81 bits per heavy atom. The SMILES string of the molecule is CN1C(C(=O)Cc2ccc(F)c(Cl)c2)CC(c2cccc(C3=CCOCC3)c2)NS1(=O)=O. The van der Waals surface area contributed by atoms with Crippen molar-refractivity contribution in [2.75, 3.05) is 20.3 Å². The predicted octanol–water partition coefficient (Wildman–Crippen LogP) is 3.67. The summed E-state index contributed by atoms with van der Waals surface area (Å²) < 4.78 is 48.1. The van der Waals surface area contributed by atoms with E-state index in [9.17, 15) is 17.6 Å². The van der Waals surface area contributed by atoms with Crippen molar-refractivity contribution >= 4 is 33.2 Å². The molecule has 2 aromatic carbocycles. The minimum atomic E-state index is -3.86. The lowest BCUT2D eigenvalue weighted by molar-refractivity contribution is -0.122. The molecule has 9 heteroatoms. The number of hydrogen-bond donors (Lipinski definition) is 1. The molecule has 6 nitrogen and oxygen atoms in total. The van der Waals surface area contributed by atoms with Crippen LogP contribution in [0.25, 0.3) is 5.57 Å². The minimum Gasteiger partial charge on any atom is -0.377 e. The highest BCUT2D eigenvalue weighted by Crippen LogP contribution is 2.31. The number of likely N-dealkylation sites (N-methyl/N-ethyl adjacent to an activating group) is 1. The molecule has 0 aromatic heterocycles. The molecule has 32 heavy (non-hydrogen) atoms. The summed E-state index contributed by atoms with van der Waals surface area (Å²) in [5.41, 5.74) is 3.52. The maximum Gasteiger partial charge on any atom is 0.280 e. The van der Waals surface area contributed by atoms with Crippen LogP contribution in [0.4, 0.5) is 4.39 Å². The van der Waals surface area contributed by atoms with Gasteiger partial charge in [-0.15, -0.1) is 0 Å². The standard InChI is InChI=1S/C23H24ClFN2O4S/c1-27-22(23(28)12-15-5-6-20(25)19(24)11-15)14-21(26-32(27,29)30)18-4-2-3-17(13-18)16-7-9-31-10-8-16/h2-7,11,13,21-22,26H,8-10,12,14H2,1H3. The maximum absolute atomic E-state index is 13.4. The number of ether oxygens (including phenoxy) is 1. The molecule has 0 radical (unpaired) electrons. The van der Waals surface area contributed by atoms with Crippen molar-refractivity contribution in [3.63, 3.8) is 0 Å². The lowest BCUT2D eigenvalue weighted by atomic mass is 9.92. The Kier molecular flexibility index (Phi) is 6.78. The van der Waals surface area contributed by atoms with E-state index in [0.29, 0.717) is 18.8 Å². The first kappa shape index (κ1) is 23.1. The molecule has 2 aromatic rings. The Morgan fingerprint density at radius 1 is 1.28 bits per heavy atom. The molecule has 2 atom stereocenters. The number of hydrogen-bond acceptors (Lipinski definition) is 4. The van der Waals surface area contributed by atoms with Crippen LogP contribution in [-0.2, 0) is 26.2 Å². The maximum atomic E-state index is 13.4. The summed E-state index contributed by atoms with van der Waals surface area (Å²) in [6.07, 6.45) is 3.07. The van der Waals surface area contributed by atoms with Crippen molar-refractivity contribution in [1.82, 2.24) is 9.03 Å². The van der Waals surface area contributed by atoms with Crippen LogP contribution in [0.3, 0.4) is 0 Å². The third kappa shape index (κ3) is 4.94. The molecular formula is C23H24ClFN2O4S. The Hall–Kier alpha value is -2.10. The quantitative estimate of drug-likeness (QED) is 0.711. The molecule has 0 amide bonds. The predicted molar refractivity (Wildman–Crippen MR) is 121 cm³/mol. The highest BCUT2D eigenvalue weighted by atomic mass is 35.5. The molecule has 2 aliphatic rings. The molecule has 1 fully saturated rings. The number of nitrogens with zero attached hydrogens (tertiary/aromatic N) is 1. The molecule has 2 unspecified atom stereocenters. The van der Waals surface area contributed by atoms with Crippen molar-refractivity contribution in [1.29, 1.82) is 0 Å². The number of rotatable bonds is 5. The fraction of sp³-hybridized carbons (Fsp3) is 0.348. The number of Topliss-reactive ketones (excluding diaryl/α,β-unsaturated/α-hetero) is 1. The topological polar surface area (TPSA) is 75.7 Å². The van der Waals surface area contributed by atoms with E-state index in [0.717, 1.165) is 27.4 Å². The van der Waals surface area contributed by atoms with E-state index in [2.05, 4.69) is 4.72 Å². The van der Waals surface area contributed by atoms with E-state index in [1.165, 1.54) is 25.2 Å². The van der Waals surface area contributed by atoms with E-state index in [-0.39, 0.29) is 23.6 Å². The van der Waals surface area contributed by atoms with Crippen molar-refractivity contribution in [2.45, 2.75) is 31.3 Å². The van der Waals surface area contributed by atoms with Gasteiger partial charge < -0.3 is 4.74 Å². The monoisotopic (exact) mass is 478 g/mol. The summed E-state index contributed by atoms with van der Waals surface area (Å²) in [5.74, 6) is -0.836. The Bertz CT molecular complexity index is 1170. The molecule has 1 N–H and O–H groups in total. The molecular weight excluding hydrogens is 455 g/mol. The summed E-state index contributed by atoms with van der Waals surface area (Å²) >= 11 is 5.82. The first-order valence-electron chi connectivity index (χ1n) is 10.3. The Balaban J connectivity index is 1.58. The van der Waals surface area contributed by atoms with E-state index >= 15 is 0 Å². The summed E-state index contributed by atoms with van der Waals surface area (Å²) in [7, 11) is -2.47. The number of nitrogens with one attached hydrogen (secondary N) is 1. The zero-order chi connectivity index (χ0) is 22.9. The number of benzene rings is 2. The average molecular weight is 479 g/mol. The van der Waals surface area contributed by atoms with Crippen molar-refractivity contribution in [2.24, 2.45) is 0 Å². The van der Waals surface area contributed by atoms with Crippen LogP contribution in [0.2, 0.25) is 5.02 Å². The van der Waals surface area contributed by atoms with Crippen LogP contribution < -0.4 is 4.72 Å². The highest BCUT2D eigenvalue weighted by Gasteiger charge is 2.40. The van der Waals surface area contributed by atoms with Gasteiger partial charge in [0, 0.05) is 19.5 Å². The molecule has 2 heterocycles. The van der Waals surface area contributed by atoms with Crippen LogP contribution in [0.1, 0.15) is 35.6 Å². The second-order valence-corrected chi connectivity index (χ2v) is 10.2. The zero-order valence-electron chi connectivity index (χ0n) is 17.6. The highest BCUT2D eigenvalue weighted by molar-refractivity contribution is 7.87.